The molecule has 0 unspecified atom stereocenters. The molecular formula is C16H14ClFO2. The third-order valence-electron chi connectivity index (χ3n) is 2.65. The summed E-state index contributed by atoms with van der Waals surface area (Å²) in [5, 5.41) is -0.00144. The molecule has 2 rings (SSSR count). The molecule has 0 N–H and O–H groups in total. The van der Waals surface area contributed by atoms with Crippen LogP contribution in [0.15, 0.2) is 42.5 Å². The predicted octanol–water partition coefficient (Wildman–Crippen LogP) is 4.50. The molecule has 104 valence electrons. The van der Waals surface area contributed by atoms with Crippen LogP contribution in [0.2, 0.25) is 5.02 Å². The van der Waals surface area contributed by atoms with Gasteiger partial charge in [0.15, 0.2) is 5.78 Å². The van der Waals surface area contributed by atoms with E-state index in [4.69, 9.17) is 16.3 Å². The number of halogens is 2. The van der Waals surface area contributed by atoms with Crippen molar-refractivity contribution in [1.82, 2.24) is 0 Å². The maximum absolute atomic E-state index is 13.4. The second kappa shape index (κ2) is 6.06. The van der Waals surface area contributed by atoms with E-state index in [1.165, 1.54) is 12.1 Å². The van der Waals surface area contributed by atoms with E-state index in [9.17, 15) is 9.18 Å². The molecule has 4 heteroatoms. The van der Waals surface area contributed by atoms with E-state index in [0.29, 0.717) is 11.3 Å². The van der Waals surface area contributed by atoms with E-state index in [-0.39, 0.29) is 22.5 Å². The summed E-state index contributed by atoms with van der Waals surface area (Å²) in [6, 6.07) is 10.8. The number of rotatable bonds is 4. The first kappa shape index (κ1) is 14.5. The summed E-state index contributed by atoms with van der Waals surface area (Å²) in [5.41, 5.74) is 0.707. The van der Waals surface area contributed by atoms with Crippen molar-refractivity contribution < 1.29 is 13.9 Å². The minimum Gasteiger partial charge on any atom is -0.491 e. The standard InChI is InChI=1S/C16H14ClFO2/c1-10(2)20-13-5-3-4-11(8-13)16(19)12-6-7-14(17)15(18)9-12/h3-10H,1-2H3. The van der Waals surface area contributed by atoms with Crippen LogP contribution >= 0.6 is 11.6 Å². The van der Waals surface area contributed by atoms with Crippen LogP contribution in [-0.2, 0) is 0 Å². The zero-order valence-electron chi connectivity index (χ0n) is 11.2. The Kier molecular flexibility index (Phi) is 4.40. The van der Waals surface area contributed by atoms with Crippen LogP contribution in [0.25, 0.3) is 0 Å². The number of ketones is 1. The number of carbonyl (C=O) groups excluding carboxylic acids is 1. The fourth-order valence-corrected chi connectivity index (χ4v) is 1.90. The second-order valence-corrected chi connectivity index (χ2v) is 5.06. The SMILES string of the molecule is CC(C)Oc1cccc(C(=O)c2ccc(Cl)c(F)c2)c1. The van der Waals surface area contributed by atoms with Crippen molar-refractivity contribution in [3.63, 3.8) is 0 Å². The number of ether oxygens (including phenoxy) is 1. The fraction of sp³-hybridized carbons (Fsp3) is 0.188. The molecule has 2 nitrogen and oxygen atoms in total. The van der Waals surface area contributed by atoms with Gasteiger partial charge in [0.1, 0.15) is 11.6 Å². The first-order valence-electron chi connectivity index (χ1n) is 6.24. The Morgan fingerprint density at radius 3 is 2.50 bits per heavy atom. The molecule has 0 saturated carbocycles. The van der Waals surface area contributed by atoms with E-state index >= 15 is 0 Å². The van der Waals surface area contributed by atoms with Gasteiger partial charge in [-0.25, -0.2) is 4.39 Å². The lowest BCUT2D eigenvalue weighted by Crippen LogP contribution is -2.07. The summed E-state index contributed by atoms with van der Waals surface area (Å²) in [6.45, 7) is 3.81. The summed E-state index contributed by atoms with van der Waals surface area (Å²) in [7, 11) is 0. The van der Waals surface area contributed by atoms with E-state index in [2.05, 4.69) is 0 Å². The van der Waals surface area contributed by atoms with E-state index in [1.807, 2.05) is 13.8 Å². The molecule has 0 fully saturated rings. The number of benzene rings is 2. The van der Waals surface area contributed by atoms with Crippen molar-refractivity contribution in [1.29, 1.82) is 0 Å². The van der Waals surface area contributed by atoms with Gasteiger partial charge in [-0.2, -0.15) is 0 Å². The zero-order valence-corrected chi connectivity index (χ0v) is 11.9. The smallest absolute Gasteiger partial charge is 0.193 e. The molecule has 0 atom stereocenters. The second-order valence-electron chi connectivity index (χ2n) is 4.65. The Morgan fingerprint density at radius 1 is 1.15 bits per heavy atom. The Labute approximate surface area is 122 Å². The highest BCUT2D eigenvalue weighted by Crippen LogP contribution is 2.20. The maximum Gasteiger partial charge on any atom is 0.193 e. The van der Waals surface area contributed by atoms with Gasteiger partial charge in [-0.1, -0.05) is 23.7 Å². The lowest BCUT2D eigenvalue weighted by Gasteiger charge is -2.10. The normalized spacial score (nSPS) is 10.7. The number of carbonyl (C=O) groups is 1. The third-order valence-corrected chi connectivity index (χ3v) is 2.96. The van der Waals surface area contributed by atoms with Crippen LogP contribution in [0.1, 0.15) is 29.8 Å². The van der Waals surface area contributed by atoms with E-state index in [1.54, 1.807) is 24.3 Å². The molecular weight excluding hydrogens is 279 g/mol. The first-order valence-corrected chi connectivity index (χ1v) is 6.61. The Balaban J connectivity index is 2.30. The summed E-state index contributed by atoms with van der Waals surface area (Å²) >= 11 is 5.61. The molecule has 2 aromatic rings. The van der Waals surface area contributed by atoms with Gasteiger partial charge in [-0.3, -0.25) is 4.79 Å². The van der Waals surface area contributed by atoms with Crippen molar-refractivity contribution in [2.75, 3.05) is 0 Å². The third kappa shape index (κ3) is 3.36. The topological polar surface area (TPSA) is 26.3 Å². The quantitative estimate of drug-likeness (QED) is 0.776. The molecule has 20 heavy (non-hydrogen) atoms. The molecule has 0 heterocycles. The highest BCUT2D eigenvalue weighted by molar-refractivity contribution is 6.30. The summed E-state index contributed by atoms with van der Waals surface area (Å²) in [6.07, 6.45) is 0.0216. The van der Waals surface area contributed by atoms with Gasteiger partial charge in [0.2, 0.25) is 0 Å². The average Bonchev–Trinajstić information content (AvgIpc) is 2.40. The summed E-state index contributed by atoms with van der Waals surface area (Å²) < 4.78 is 18.9. The fourth-order valence-electron chi connectivity index (χ4n) is 1.79. The van der Waals surface area contributed by atoms with Crippen molar-refractivity contribution in [2.45, 2.75) is 20.0 Å². The van der Waals surface area contributed by atoms with Gasteiger partial charge in [0.05, 0.1) is 11.1 Å². The lowest BCUT2D eigenvalue weighted by atomic mass is 10.0. The van der Waals surface area contributed by atoms with Crippen molar-refractivity contribution >= 4 is 17.4 Å². The molecule has 0 amide bonds. The molecule has 0 spiro atoms. The van der Waals surface area contributed by atoms with Gasteiger partial charge in [0.25, 0.3) is 0 Å². The molecule has 0 aromatic heterocycles. The molecule has 0 saturated heterocycles. The van der Waals surface area contributed by atoms with Crippen LogP contribution in [-0.4, -0.2) is 11.9 Å². The molecule has 0 aliphatic rings. The lowest BCUT2D eigenvalue weighted by molar-refractivity contribution is 0.103. The first-order chi connectivity index (χ1) is 9.47. The van der Waals surface area contributed by atoms with Gasteiger partial charge < -0.3 is 4.74 Å². The molecule has 0 bridgehead atoms. The zero-order chi connectivity index (χ0) is 14.7. The van der Waals surface area contributed by atoms with Crippen LogP contribution < -0.4 is 4.74 Å². The monoisotopic (exact) mass is 292 g/mol. The predicted molar refractivity (Wildman–Crippen MR) is 77.0 cm³/mol. The Bertz CT molecular complexity index is 638. The highest BCUT2D eigenvalue weighted by atomic mass is 35.5. The van der Waals surface area contributed by atoms with Crippen molar-refractivity contribution in [3.05, 3.63) is 64.4 Å². The molecule has 0 aliphatic heterocycles. The van der Waals surface area contributed by atoms with Crippen molar-refractivity contribution in [3.8, 4) is 5.75 Å². The summed E-state index contributed by atoms with van der Waals surface area (Å²) in [4.78, 5) is 12.3. The molecule has 2 aromatic carbocycles. The highest BCUT2D eigenvalue weighted by Gasteiger charge is 2.12. The maximum atomic E-state index is 13.4. The Hall–Kier alpha value is -1.87. The van der Waals surface area contributed by atoms with Crippen LogP contribution in [0.5, 0.6) is 5.75 Å². The van der Waals surface area contributed by atoms with E-state index in [0.717, 1.165) is 6.07 Å². The largest absolute Gasteiger partial charge is 0.491 e. The van der Waals surface area contributed by atoms with Gasteiger partial charge in [-0.05, 0) is 44.2 Å². The summed E-state index contributed by atoms with van der Waals surface area (Å²) in [5.74, 6) is -0.262. The average molecular weight is 293 g/mol. The van der Waals surface area contributed by atoms with Gasteiger partial charge >= 0.3 is 0 Å². The van der Waals surface area contributed by atoms with Gasteiger partial charge in [-0.15, -0.1) is 0 Å². The Morgan fingerprint density at radius 2 is 1.85 bits per heavy atom. The van der Waals surface area contributed by atoms with Crippen molar-refractivity contribution in [2.24, 2.45) is 0 Å². The molecule has 0 radical (unpaired) electrons. The number of hydrogen-bond donors (Lipinski definition) is 0. The number of hydrogen-bond acceptors (Lipinski definition) is 2. The van der Waals surface area contributed by atoms with Crippen LogP contribution in [0.4, 0.5) is 4.39 Å². The minimum absolute atomic E-state index is 0.00144. The molecule has 0 aliphatic carbocycles. The van der Waals surface area contributed by atoms with Crippen LogP contribution in [0, 0.1) is 5.82 Å². The van der Waals surface area contributed by atoms with E-state index < -0.39 is 5.82 Å². The van der Waals surface area contributed by atoms with Crippen LogP contribution in [0.3, 0.4) is 0 Å². The minimum atomic E-state index is -0.605. The van der Waals surface area contributed by atoms with Gasteiger partial charge in [0, 0.05) is 11.1 Å².